The number of fused-ring (bicyclic) bond motifs is 1. The zero-order valence-electron chi connectivity index (χ0n) is 9.59. The molecule has 92 valence electrons. The third-order valence-electron chi connectivity index (χ3n) is 2.57. The molecule has 1 aliphatic heterocycles. The largest absolute Gasteiger partial charge is 0.437 e. The lowest BCUT2D eigenvalue weighted by molar-refractivity contribution is 0.460. The lowest BCUT2D eigenvalue weighted by Crippen LogP contribution is -2.03. The summed E-state index contributed by atoms with van der Waals surface area (Å²) in [5.74, 6) is 1.02. The molecular weight excluding hydrogens is 264 g/mol. The third kappa shape index (κ3) is 2.09. The van der Waals surface area contributed by atoms with Crippen LogP contribution in [-0.2, 0) is 0 Å². The first kappa shape index (κ1) is 11.5. The Morgan fingerprint density at radius 1 is 1.32 bits per heavy atom. The molecular formula is C13H7ClN4O. The Labute approximate surface area is 114 Å². The standard InChI is InChI=1S/C13H7ClN4O/c14-13-16-6-5-9(18-13)8(7-15)12-17-10-3-1-2-4-11(10)19-12/h1-6,17H/b12-8-. The van der Waals surface area contributed by atoms with E-state index < -0.39 is 0 Å². The number of nitriles is 1. The Bertz CT molecular complexity index is 694. The molecule has 19 heavy (non-hydrogen) atoms. The molecule has 0 saturated heterocycles. The van der Waals surface area contributed by atoms with E-state index in [-0.39, 0.29) is 10.9 Å². The highest BCUT2D eigenvalue weighted by molar-refractivity contribution is 6.28. The van der Waals surface area contributed by atoms with Gasteiger partial charge in [0.25, 0.3) is 0 Å². The molecule has 2 aromatic rings. The fourth-order valence-electron chi connectivity index (χ4n) is 1.73. The summed E-state index contributed by atoms with van der Waals surface area (Å²) in [5, 5.41) is 12.4. The molecule has 3 rings (SSSR count). The molecule has 1 aromatic heterocycles. The minimum atomic E-state index is 0.0846. The van der Waals surface area contributed by atoms with Crippen molar-refractivity contribution in [3.8, 4) is 11.8 Å². The summed E-state index contributed by atoms with van der Waals surface area (Å²) in [6.45, 7) is 0. The van der Waals surface area contributed by atoms with Crippen LogP contribution >= 0.6 is 11.6 Å². The highest BCUT2D eigenvalue weighted by Gasteiger charge is 2.21. The van der Waals surface area contributed by atoms with Gasteiger partial charge in [-0.15, -0.1) is 0 Å². The van der Waals surface area contributed by atoms with Crippen molar-refractivity contribution in [2.24, 2.45) is 0 Å². The molecule has 0 saturated carbocycles. The molecule has 0 amide bonds. The van der Waals surface area contributed by atoms with Crippen LogP contribution in [-0.4, -0.2) is 9.97 Å². The van der Waals surface area contributed by atoms with Gasteiger partial charge in [0, 0.05) is 6.20 Å². The van der Waals surface area contributed by atoms with Crippen molar-refractivity contribution in [3.05, 3.63) is 53.4 Å². The average Bonchev–Trinajstić information content (AvgIpc) is 2.83. The number of rotatable bonds is 1. The average molecular weight is 271 g/mol. The number of para-hydroxylation sites is 2. The Kier molecular flexibility index (Phi) is 2.78. The molecule has 1 aliphatic rings. The van der Waals surface area contributed by atoms with E-state index in [0.717, 1.165) is 5.69 Å². The lowest BCUT2D eigenvalue weighted by Gasteiger charge is -2.03. The van der Waals surface area contributed by atoms with Gasteiger partial charge in [0.2, 0.25) is 11.2 Å². The summed E-state index contributed by atoms with van der Waals surface area (Å²) in [4.78, 5) is 7.79. The van der Waals surface area contributed by atoms with E-state index in [1.54, 1.807) is 6.07 Å². The Morgan fingerprint density at radius 3 is 2.89 bits per heavy atom. The first-order valence-corrected chi connectivity index (χ1v) is 5.83. The van der Waals surface area contributed by atoms with E-state index >= 15 is 0 Å². The van der Waals surface area contributed by atoms with Crippen LogP contribution in [0.1, 0.15) is 5.69 Å². The molecule has 6 heteroatoms. The van der Waals surface area contributed by atoms with Gasteiger partial charge in [-0.3, -0.25) is 0 Å². The quantitative estimate of drug-likeness (QED) is 0.637. The number of nitrogens with zero attached hydrogens (tertiary/aromatic N) is 3. The molecule has 0 unspecified atom stereocenters. The van der Waals surface area contributed by atoms with Gasteiger partial charge in [0.05, 0.1) is 11.4 Å². The number of hydrogen-bond donors (Lipinski definition) is 1. The van der Waals surface area contributed by atoms with Crippen molar-refractivity contribution in [1.29, 1.82) is 5.26 Å². The van der Waals surface area contributed by atoms with Crippen molar-refractivity contribution in [1.82, 2.24) is 9.97 Å². The van der Waals surface area contributed by atoms with Crippen molar-refractivity contribution < 1.29 is 4.74 Å². The van der Waals surface area contributed by atoms with Crippen LogP contribution in [0.4, 0.5) is 5.69 Å². The summed E-state index contributed by atoms with van der Waals surface area (Å²) in [5.41, 5.74) is 1.50. The molecule has 1 N–H and O–H groups in total. The molecule has 0 radical (unpaired) electrons. The van der Waals surface area contributed by atoms with Gasteiger partial charge >= 0.3 is 0 Å². The third-order valence-corrected chi connectivity index (χ3v) is 2.75. The number of ether oxygens (including phenoxy) is 1. The van der Waals surface area contributed by atoms with Crippen molar-refractivity contribution in [3.63, 3.8) is 0 Å². The van der Waals surface area contributed by atoms with Crippen LogP contribution in [0.25, 0.3) is 5.57 Å². The van der Waals surface area contributed by atoms with Gasteiger partial charge in [-0.05, 0) is 29.8 Å². The van der Waals surface area contributed by atoms with Crippen molar-refractivity contribution in [2.45, 2.75) is 0 Å². The second-order valence-electron chi connectivity index (χ2n) is 3.75. The Balaban J connectivity index is 2.06. The molecule has 0 spiro atoms. The summed E-state index contributed by atoms with van der Waals surface area (Å²) in [6, 6.07) is 11.1. The minimum absolute atomic E-state index is 0.0846. The van der Waals surface area contributed by atoms with Gasteiger partial charge in [-0.2, -0.15) is 5.26 Å². The maximum absolute atomic E-state index is 9.28. The SMILES string of the molecule is N#C/C(=C1\Nc2ccccc2O1)c1ccnc(Cl)n1. The monoisotopic (exact) mass is 270 g/mol. The number of benzene rings is 1. The van der Waals surface area contributed by atoms with Gasteiger partial charge < -0.3 is 10.1 Å². The number of anilines is 1. The second kappa shape index (κ2) is 4.59. The van der Waals surface area contributed by atoms with Crippen LogP contribution in [0.15, 0.2) is 42.4 Å². The van der Waals surface area contributed by atoms with Gasteiger partial charge in [-0.1, -0.05) is 12.1 Å². The Hall–Kier alpha value is -2.58. The number of nitrogens with one attached hydrogen (secondary N) is 1. The topological polar surface area (TPSA) is 70.8 Å². The predicted molar refractivity (Wildman–Crippen MR) is 70.3 cm³/mol. The highest BCUT2D eigenvalue weighted by Crippen LogP contribution is 2.35. The van der Waals surface area contributed by atoms with E-state index in [1.165, 1.54) is 6.20 Å². The van der Waals surface area contributed by atoms with E-state index in [9.17, 15) is 5.26 Å². The number of hydrogen-bond acceptors (Lipinski definition) is 5. The van der Waals surface area contributed by atoms with Crippen molar-refractivity contribution >= 4 is 22.9 Å². The molecule has 5 nitrogen and oxygen atoms in total. The molecule has 0 aliphatic carbocycles. The normalized spacial score (nSPS) is 14.9. The zero-order chi connectivity index (χ0) is 13.2. The fourth-order valence-corrected chi connectivity index (χ4v) is 1.88. The van der Waals surface area contributed by atoms with E-state index in [4.69, 9.17) is 16.3 Å². The molecule has 2 heterocycles. The van der Waals surface area contributed by atoms with E-state index in [1.807, 2.05) is 24.3 Å². The van der Waals surface area contributed by atoms with Crippen LogP contribution in [0.3, 0.4) is 0 Å². The van der Waals surface area contributed by atoms with Crippen molar-refractivity contribution in [2.75, 3.05) is 5.32 Å². The number of aromatic nitrogens is 2. The summed E-state index contributed by atoms with van der Waals surface area (Å²) >= 11 is 5.73. The second-order valence-corrected chi connectivity index (χ2v) is 4.09. The van der Waals surface area contributed by atoms with Crippen LogP contribution < -0.4 is 10.1 Å². The highest BCUT2D eigenvalue weighted by atomic mass is 35.5. The maximum Gasteiger partial charge on any atom is 0.222 e. The Morgan fingerprint density at radius 2 is 2.16 bits per heavy atom. The van der Waals surface area contributed by atoms with Crippen LogP contribution in [0, 0.1) is 11.3 Å². The maximum atomic E-state index is 9.28. The first-order chi connectivity index (χ1) is 9.28. The predicted octanol–water partition coefficient (Wildman–Crippen LogP) is 2.83. The summed E-state index contributed by atoms with van der Waals surface area (Å²) in [6.07, 6.45) is 1.49. The van der Waals surface area contributed by atoms with E-state index in [0.29, 0.717) is 17.3 Å². The molecule has 0 atom stereocenters. The van der Waals surface area contributed by atoms with Gasteiger partial charge in [0.15, 0.2) is 5.75 Å². The zero-order valence-corrected chi connectivity index (χ0v) is 10.3. The van der Waals surface area contributed by atoms with Crippen LogP contribution in [0.5, 0.6) is 5.75 Å². The van der Waals surface area contributed by atoms with Gasteiger partial charge in [-0.25, -0.2) is 9.97 Å². The summed E-state index contributed by atoms with van der Waals surface area (Å²) < 4.78 is 5.60. The van der Waals surface area contributed by atoms with E-state index in [2.05, 4.69) is 21.4 Å². The lowest BCUT2D eigenvalue weighted by atomic mass is 10.2. The smallest absolute Gasteiger partial charge is 0.222 e. The fraction of sp³-hybridized carbons (Fsp3) is 0. The summed E-state index contributed by atoms with van der Waals surface area (Å²) in [7, 11) is 0. The minimum Gasteiger partial charge on any atom is -0.437 e. The number of halogens is 1. The first-order valence-electron chi connectivity index (χ1n) is 5.45. The number of allylic oxidation sites excluding steroid dienone is 1. The molecule has 1 aromatic carbocycles. The van der Waals surface area contributed by atoms with Gasteiger partial charge in [0.1, 0.15) is 11.6 Å². The molecule has 0 fully saturated rings. The molecule has 0 bridgehead atoms. The van der Waals surface area contributed by atoms with Crippen LogP contribution in [0.2, 0.25) is 5.28 Å².